The number of carbonyl (C=O) groups excluding carboxylic acids is 1. The zero-order valence-corrected chi connectivity index (χ0v) is 8.81. The maximum atomic E-state index is 11.7. The molecule has 1 unspecified atom stereocenters. The van der Waals surface area contributed by atoms with Crippen molar-refractivity contribution in [3.63, 3.8) is 0 Å². The smallest absolute Gasteiger partial charge is 0.254 e. The van der Waals surface area contributed by atoms with Gasteiger partial charge in [0, 0.05) is 25.8 Å². The molecule has 1 saturated carbocycles. The average molecular weight is 208 g/mol. The van der Waals surface area contributed by atoms with Crippen molar-refractivity contribution < 1.29 is 4.79 Å². The van der Waals surface area contributed by atoms with Gasteiger partial charge in [0.05, 0.1) is 11.8 Å². The molecule has 5 nitrogen and oxygen atoms in total. The van der Waals surface area contributed by atoms with Crippen LogP contribution in [0.15, 0.2) is 12.4 Å². The highest BCUT2D eigenvalue weighted by Gasteiger charge is 2.31. The lowest BCUT2D eigenvalue weighted by atomic mass is 10.2. The van der Waals surface area contributed by atoms with Crippen LogP contribution in [0.5, 0.6) is 0 Å². The Labute approximate surface area is 88.6 Å². The number of nitrogens with one attached hydrogen (secondary N) is 1. The van der Waals surface area contributed by atoms with Gasteiger partial charge in [-0.05, 0) is 18.8 Å². The van der Waals surface area contributed by atoms with Crippen LogP contribution in [0.1, 0.15) is 23.2 Å². The molecule has 0 aliphatic heterocycles. The monoisotopic (exact) mass is 208 g/mol. The predicted molar refractivity (Wildman–Crippen MR) is 56.2 cm³/mol. The van der Waals surface area contributed by atoms with Crippen molar-refractivity contribution in [3.8, 4) is 0 Å². The third-order valence-electron chi connectivity index (χ3n) is 2.73. The highest BCUT2D eigenvalue weighted by molar-refractivity contribution is 5.93. The Kier molecular flexibility index (Phi) is 2.73. The second-order valence-electron chi connectivity index (χ2n) is 4.06. The molecule has 15 heavy (non-hydrogen) atoms. The minimum absolute atomic E-state index is 0.0783. The SMILES string of the molecule is Cn1cc(C(=O)NC(CN)C2CC2)cn1. The maximum Gasteiger partial charge on any atom is 0.254 e. The lowest BCUT2D eigenvalue weighted by molar-refractivity contribution is 0.0933. The van der Waals surface area contributed by atoms with Crippen LogP contribution in [0.25, 0.3) is 0 Å². The van der Waals surface area contributed by atoms with E-state index in [-0.39, 0.29) is 11.9 Å². The number of hydrogen-bond acceptors (Lipinski definition) is 3. The van der Waals surface area contributed by atoms with E-state index in [0.29, 0.717) is 18.0 Å². The lowest BCUT2D eigenvalue weighted by Crippen LogP contribution is -2.41. The third-order valence-corrected chi connectivity index (χ3v) is 2.73. The van der Waals surface area contributed by atoms with Gasteiger partial charge in [-0.15, -0.1) is 0 Å². The molecule has 1 heterocycles. The van der Waals surface area contributed by atoms with E-state index in [2.05, 4.69) is 10.4 Å². The fourth-order valence-electron chi connectivity index (χ4n) is 1.66. The second kappa shape index (κ2) is 4.02. The quantitative estimate of drug-likeness (QED) is 0.725. The predicted octanol–water partition coefficient (Wildman–Crippen LogP) is -0.113. The van der Waals surface area contributed by atoms with Gasteiger partial charge in [0.15, 0.2) is 0 Å². The van der Waals surface area contributed by atoms with Crippen LogP contribution in [0.3, 0.4) is 0 Å². The summed E-state index contributed by atoms with van der Waals surface area (Å²) >= 11 is 0. The van der Waals surface area contributed by atoms with E-state index in [1.807, 2.05) is 0 Å². The fraction of sp³-hybridized carbons (Fsp3) is 0.600. The summed E-state index contributed by atoms with van der Waals surface area (Å²) in [6.45, 7) is 0.511. The molecule has 82 valence electrons. The standard InChI is InChI=1S/C10H16N4O/c1-14-6-8(5-12-14)10(15)13-9(4-11)7-2-3-7/h5-7,9H,2-4,11H2,1H3,(H,13,15). The Hall–Kier alpha value is -1.36. The Morgan fingerprint density at radius 3 is 3.00 bits per heavy atom. The Bertz CT molecular complexity index is 356. The van der Waals surface area contributed by atoms with Crippen molar-refractivity contribution in [3.05, 3.63) is 18.0 Å². The molecule has 0 aromatic carbocycles. The van der Waals surface area contributed by atoms with Crippen molar-refractivity contribution >= 4 is 5.91 Å². The van der Waals surface area contributed by atoms with Gasteiger partial charge in [-0.1, -0.05) is 0 Å². The minimum atomic E-state index is -0.0783. The maximum absolute atomic E-state index is 11.7. The van der Waals surface area contributed by atoms with Gasteiger partial charge in [-0.3, -0.25) is 9.48 Å². The first-order valence-corrected chi connectivity index (χ1v) is 5.20. The summed E-state index contributed by atoms with van der Waals surface area (Å²) in [5.74, 6) is 0.501. The molecule has 2 rings (SSSR count). The summed E-state index contributed by atoms with van der Waals surface area (Å²) in [5, 5.41) is 6.90. The number of nitrogens with two attached hydrogens (primary N) is 1. The van der Waals surface area contributed by atoms with E-state index in [4.69, 9.17) is 5.73 Å². The molecule has 0 bridgehead atoms. The summed E-state index contributed by atoms with van der Waals surface area (Å²) in [5.41, 5.74) is 6.20. The second-order valence-corrected chi connectivity index (χ2v) is 4.06. The third kappa shape index (κ3) is 2.36. The summed E-state index contributed by atoms with van der Waals surface area (Å²) in [6.07, 6.45) is 5.62. The molecule has 1 aliphatic rings. The van der Waals surface area contributed by atoms with E-state index in [1.165, 1.54) is 12.8 Å². The van der Waals surface area contributed by atoms with Gasteiger partial charge in [0.1, 0.15) is 0 Å². The molecule has 3 N–H and O–H groups in total. The molecule has 1 aliphatic carbocycles. The number of aryl methyl sites for hydroxylation is 1. The first kappa shape index (κ1) is 10.2. The van der Waals surface area contributed by atoms with Crippen molar-refractivity contribution in [2.75, 3.05) is 6.54 Å². The highest BCUT2D eigenvalue weighted by atomic mass is 16.1. The largest absolute Gasteiger partial charge is 0.348 e. The number of rotatable bonds is 4. The van der Waals surface area contributed by atoms with Crippen molar-refractivity contribution in [2.45, 2.75) is 18.9 Å². The normalized spacial score (nSPS) is 17.5. The van der Waals surface area contributed by atoms with E-state index >= 15 is 0 Å². The van der Waals surface area contributed by atoms with Crippen LogP contribution in [-0.2, 0) is 7.05 Å². The molecule has 1 aromatic heterocycles. The Morgan fingerprint density at radius 2 is 2.53 bits per heavy atom. The highest BCUT2D eigenvalue weighted by Crippen LogP contribution is 2.32. The van der Waals surface area contributed by atoms with E-state index in [9.17, 15) is 4.79 Å². The zero-order chi connectivity index (χ0) is 10.8. The minimum Gasteiger partial charge on any atom is -0.348 e. The number of nitrogens with zero attached hydrogens (tertiary/aromatic N) is 2. The topological polar surface area (TPSA) is 72.9 Å². The van der Waals surface area contributed by atoms with Crippen LogP contribution in [0.4, 0.5) is 0 Å². The summed E-state index contributed by atoms with van der Waals surface area (Å²) in [6, 6.07) is 0.123. The first-order valence-electron chi connectivity index (χ1n) is 5.20. The fourth-order valence-corrected chi connectivity index (χ4v) is 1.66. The van der Waals surface area contributed by atoms with Crippen molar-refractivity contribution in [1.82, 2.24) is 15.1 Å². The molecule has 0 spiro atoms. The summed E-state index contributed by atoms with van der Waals surface area (Å²) < 4.78 is 1.61. The average Bonchev–Trinajstić information content (AvgIpc) is 2.97. The molecular formula is C10H16N4O. The van der Waals surface area contributed by atoms with Gasteiger partial charge in [-0.2, -0.15) is 5.10 Å². The van der Waals surface area contributed by atoms with Crippen LogP contribution < -0.4 is 11.1 Å². The van der Waals surface area contributed by atoms with E-state index < -0.39 is 0 Å². The lowest BCUT2D eigenvalue weighted by Gasteiger charge is -2.14. The molecule has 0 radical (unpaired) electrons. The van der Waals surface area contributed by atoms with Crippen molar-refractivity contribution in [2.24, 2.45) is 18.7 Å². The Balaban J connectivity index is 1.96. The molecule has 1 fully saturated rings. The summed E-state index contributed by atoms with van der Waals surface area (Å²) in [7, 11) is 1.79. The first-order chi connectivity index (χ1) is 7.20. The van der Waals surface area contributed by atoms with Gasteiger partial charge in [0.2, 0.25) is 0 Å². The Morgan fingerprint density at radius 1 is 1.80 bits per heavy atom. The van der Waals surface area contributed by atoms with Crippen LogP contribution in [0, 0.1) is 5.92 Å². The number of hydrogen-bond donors (Lipinski definition) is 2. The number of aromatic nitrogens is 2. The molecule has 5 heteroatoms. The van der Waals surface area contributed by atoms with E-state index in [1.54, 1.807) is 24.1 Å². The van der Waals surface area contributed by atoms with E-state index in [0.717, 1.165) is 0 Å². The molecular weight excluding hydrogens is 192 g/mol. The molecule has 1 amide bonds. The molecule has 0 saturated heterocycles. The summed E-state index contributed by atoms with van der Waals surface area (Å²) in [4.78, 5) is 11.7. The van der Waals surface area contributed by atoms with Crippen LogP contribution >= 0.6 is 0 Å². The number of carbonyl (C=O) groups is 1. The zero-order valence-electron chi connectivity index (χ0n) is 8.81. The van der Waals surface area contributed by atoms with Gasteiger partial charge < -0.3 is 11.1 Å². The van der Waals surface area contributed by atoms with Crippen molar-refractivity contribution in [1.29, 1.82) is 0 Å². The van der Waals surface area contributed by atoms with Gasteiger partial charge >= 0.3 is 0 Å². The molecule has 1 atom stereocenters. The van der Waals surface area contributed by atoms with Crippen LogP contribution in [-0.4, -0.2) is 28.3 Å². The van der Waals surface area contributed by atoms with Gasteiger partial charge in [0.25, 0.3) is 5.91 Å². The molecule has 1 aromatic rings. The van der Waals surface area contributed by atoms with Gasteiger partial charge in [-0.25, -0.2) is 0 Å². The van der Waals surface area contributed by atoms with Crippen LogP contribution in [0.2, 0.25) is 0 Å². The number of amides is 1.